The summed E-state index contributed by atoms with van der Waals surface area (Å²) in [5.41, 5.74) is 0.191. The number of halogens is 2. The number of nitrogens with one attached hydrogen (secondary N) is 1. The van der Waals surface area contributed by atoms with E-state index in [9.17, 15) is 18.8 Å². The minimum absolute atomic E-state index is 0.0127. The van der Waals surface area contributed by atoms with Crippen molar-refractivity contribution >= 4 is 41.2 Å². The highest BCUT2D eigenvalue weighted by Crippen LogP contribution is 2.27. The van der Waals surface area contributed by atoms with Crippen molar-refractivity contribution in [2.45, 2.75) is 0 Å². The Kier molecular flexibility index (Phi) is 4.73. The maximum atomic E-state index is 13.4. The molecule has 1 N–H and O–H groups in total. The number of methoxy groups -OCH3 is 1. The van der Waals surface area contributed by atoms with Gasteiger partial charge in [-0.15, -0.1) is 0 Å². The largest absolute Gasteiger partial charge is 0.495 e. The van der Waals surface area contributed by atoms with E-state index < -0.39 is 23.7 Å². The van der Waals surface area contributed by atoms with Gasteiger partial charge in [-0.3, -0.25) is 14.9 Å². The lowest BCUT2D eigenvalue weighted by atomic mass is 10.1. The average molecular weight is 375 g/mol. The molecule has 1 aliphatic heterocycles. The third kappa shape index (κ3) is 3.29. The Morgan fingerprint density at radius 2 is 1.92 bits per heavy atom. The van der Waals surface area contributed by atoms with Crippen LogP contribution in [0.4, 0.5) is 14.9 Å². The molecule has 4 amide bonds. The lowest BCUT2D eigenvalue weighted by molar-refractivity contribution is -0.122. The van der Waals surface area contributed by atoms with Gasteiger partial charge in [0, 0.05) is 0 Å². The molecule has 0 saturated carbocycles. The Labute approximate surface area is 152 Å². The molecule has 1 aliphatic rings. The molecule has 1 heterocycles. The first kappa shape index (κ1) is 17.6. The Balaban J connectivity index is 2.01. The van der Waals surface area contributed by atoms with Gasteiger partial charge in [-0.25, -0.2) is 14.1 Å². The maximum Gasteiger partial charge on any atom is 0.335 e. The van der Waals surface area contributed by atoms with Gasteiger partial charge in [-0.2, -0.15) is 0 Å². The van der Waals surface area contributed by atoms with Crippen LogP contribution in [0.5, 0.6) is 5.75 Å². The van der Waals surface area contributed by atoms with Crippen LogP contribution in [-0.4, -0.2) is 25.0 Å². The van der Waals surface area contributed by atoms with Gasteiger partial charge < -0.3 is 4.74 Å². The summed E-state index contributed by atoms with van der Waals surface area (Å²) < 4.78 is 18.5. The van der Waals surface area contributed by atoms with Gasteiger partial charge in [0.25, 0.3) is 11.8 Å². The molecule has 132 valence electrons. The number of hydrogen-bond donors (Lipinski definition) is 1. The van der Waals surface area contributed by atoms with Crippen LogP contribution >= 0.6 is 11.6 Å². The van der Waals surface area contributed by atoms with Crippen molar-refractivity contribution in [3.63, 3.8) is 0 Å². The fourth-order valence-electron chi connectivity index (χ4n) is 2.45. The monoisotopic (exact) mass is 374 g/mol. The molecule has 0 aromatic heterocycles. The number of carbonyl (C=O) groups is 3. The number of hydrogen-bond acceptors (Lipinski definition) is 4. The smallest absolute Gasteiger partial charge is 0.335 e. The van der Waals surface area contributed by atoms with Crippen LogP contribution in [0.15, 0.2) is 48.0 Å². The van der Waals surface area contributed by atoms with Crippen LogP contribution in [-0.2, 0) is 9.59 Å². The second kappa shape index (κ2) is 6.97. The first-order valence-electron chi connectivity index (χ1n) is 7.41. The normalized spacial score (nSPS) is 16.0. The average Bonchev–Trinajstić information content (AvgIpc) is 2.58. The van der Waals surface area contributed by atoms with Crippen molar-refractivity contribution in [1.29, 1.82) is 0 Å². The first-order valence-corrected chi connectivity index (χ1v) is 7.79. The third-order valence-electron chi connectivity index (χ3n) is 3.65. The molecule has 3 rings (SSSR count). The number of carbonyl (C=O) groups excluding carboxylic acids is 3. The number of imide groups is 2. The first-order chi connectivity index (χ1) is 12.4. The van der Waals surface area contributed by atoms with Crippen LogP contribution < -0.4 is 15.0 Å². The van der Waals surface area contributed by atoms with Crippen LogP contribution in [0.1, 0.15) is 5.56 Å². The topological polar surface area (TPSA) is 75.7 Å². The van der Waals surface area contributed by atoms with Crippen molar-refractivity contribution in [3.8, 4) is 5.75 Å². The molecule has 0 unspecified atom stereocenters. The molecule has 1 fully saturated rings. The van der Waals surface area contributed by atoms with E-state index in [-0.39, 0.29) is 11.3 Å². The number of nitrogens with zero attached hydrogens (tertiary/aromatic N) is 1. The van der Waals surface area contributed by atoms with E-state index in [1.165, 1.54) is 37.5 Å². The molecular formula is C18H12ClFN2O4. The highest BCUT2D eigenvalue weighted by atomic mass is 35.5. The molecule has 8 heteroatoms. The summed E-state index contributed by atoms with van der Waals surface area (Å²) in [5, 5.41) is 2.36. The molecule has 0 atom stereocenters. The van der Waals surface area contributed by atoms with Gasteiger partial charge in [-0.1, -0.05) is 23.7 Å². The van der Waals surface area contributed by atoms with E-state index in [1.807, 2.05) is 0 Å². The van der Waals surface area contributed by atoms with Crippen LogP contribution in [0.25, 0.3) is 6.08 Å². The molecule has 26 heavy (non-hydrogen) atoms. The molecule has 1 saturated heterocycles. The molecule has 2 aromatic carbocycles. The molecule has 0 spiro atoms. The summed E-state index contributed by atoms with van der Waals surface area (Å²) in [7, 11) is 1.46. The number of rotatable bonds is 3. The van der Waals surface area contributed by atoms with Crippen molar-refractivity contribution in [1.82, 2.24) is 5.32 Å². The Morgan fingerprint density at radius 3 is 2.58 bits per heavy atom. The zero-order chi connectivity index (χ0) is 18.8. The van der Waals surface area contributed by atoms with E-state index in [2.05, 4.69) is 5.32 Å². The lowest BCUT2D eigenvalue weighted by Gasteiger charge is -2.26. The van der Waals surface area contributed by atoms with Crippen molar-refractivity contribution < 1.29 is 23.5 Å². The number of amides is 4. The maximum absolute atomic E-state index is 13.4. The fourth-order valence-corrected chi connectivity index (χ4v) is 2.71. The van der Waals surface area contributed by atoms with E-state index in [0.29, 0.717) is 21.2 Å². The lowest BCUT2D eigenvalue weighted by Crippen LogP contribution is -2.54. The molecule has 0 aliphatic carbocycles. The standard InChI is InChI=1S/C18H12ClFN2O4/c1-26-15-6-5-10(8-14(15)19)7-13-16(23)21-18(25)22(17(13)24)12-4-2-3-11(20)9-12/h2-9H,1H3,(H,21,23,25). The molecule has 2 aromatic rings. The third-order valence-corrected chi connectivity index (χ3v) is 3.95. The van der Waals surface area contributed by atoms with Gasteiger partial charge in [0.05, 0.1) is 17.8 Å². The van der Waals surface area contributed by atoms with Crippen LogP contribution in [0, 0.1) is 5.82 Å². The second-order valence-electron chi connectivity index (χ2n) is 5.33. The van der Waals surface area contributed by atoms with E-state index >= 15 is 0 Å². The highest BCUT2D eigenvalue weighted by Gasteiger charge is 2.36. The zero-order valence-electron chi connectivity index (χ0n) is 13.5. The summed E-state index contributed by atoms with van der Waals surface area (Å²) in [6.45, 7) is 0. The van der Waals surface area contributed by atoms with E-state index in [4.69, 9.17) is 16.3 Å². The minimum atomic E-state index is -0.949. The molecular weight excluding hydrogens is 363 g/mol. The van der Waals surface area contributed by atoms with Crippen molar-refractivity contribution in [2.75, 3.05) is 12.0 Å². The summed E-state index contributed by atoms with van der Waals surface area (Å²) in [6.07, 6.45) is 1.29. The number of benzene rings is 2. The molecule has 0 radical (unpaired) electrons. The number of urea groups is 1. The van der Waals surface area contributed by atoms with E-state index in [1.54, 1.807) is 12.1 Å². The number of anilines is 1. The summed E-state index contributed by atoms with van der Waals surface area (Å²) >= 11 is 6.04. The number of ether oxygens (including phenoxy) is 1. The quantitative estimate of drug-likeness (QED) is 0.661. The SMILES string of the molecule is COc1ccc(C=C2C(=O)NC(=O)N(c3cccc(F)c3)C2=O)cc1Cl. The summed E-state index contributed by atoms with van der Waals surface area (Å²) in [6, 6.07) is 8.68. The van der Waals surface area contributed by atoms with Gasteiger partial charge in [0.15, 0.2) is 0 Å². The molecule has 6 nitrogen and oxygen atoms in total. The zero-order valence-corrected chi connectivity index (χ0v) is 14.2. The van der Waals surface area contributed by atoms with Crippen LogP contribution in [0.3, 0.4) is 0 Å². The fraction of sp³-hybridized carbons (Fsp3) is 0.0556. The highest BCUT2D eigenvalue weighted by molar-refractivity contribution is 6.39. The van der Waals surface area contributed by atoms with Gasteiger partial charge >= 0.3 is 6.03 Å². The number of barbiturate groups is 1. The van der Waals surface area contributed by atoms with Gasteiger partial charge in [0.1, 0.15) is 17.1 Å². The van der Waals surface area contributed by atoms with Crippen LogP contribution in [0.2, 0.25) is 5.02 Å². The van der Waals surface area contributed by atoms with Gasteiger partial charge in [-0.05, 0) is 42.0 Å². The van der Waals surface area contributed by atoms with Gasteiger partial charge in [0.2, 0.25) is 0 Å². The predicted molar refractivity (Wildman–Crippen MR) is 93.4 cm³/mol. The summed E-state index contributed by atoms with van der Waals surface area (Å²) in [5.74, 6) is -1.90. The predicted octanol–water partition coefficient (Wildman–Crippen LogP) is 3.15. The van der Waals surface area contributed by atoms with Crippen molar-refractivity contribution in [2.24, 2.45) is 0 Å². The van der Waals surface area contributed by atoms with E-state index in [0.717, 1.165) is 6.07 Å². The Bertz CT molecular complexity index is 958. The summed E-state index contributed by atoms with van der Waals surface area (Å²) in [4.78, 5) is 37.5. The Morgan fingerprint density at radius 1 is 1.15 bits per heavy atom. The van der Waals surface area contributed by atoms with Crippen molar-refractivity contribution in [3.05, 3.63) is 64.4 Å². The minimum Gasteiger partial charge on any atom is -0.495 e. The molecule has 0 bridgehead atoms. The second-order valence-corrected chi connectivity index (χ2v) is 5.74. The Hall–Kier alpha value is -3.19.